The molecule has 0 aliphatic rings. The van der Waals surface area contributed by atoms with Crippen LogP contribution in [-0.2, 0) is 11.3 Å². The fourth-order valence-electron chi connectivity index (χ4n) is 1.45. The van der Waals surface area contributed by atoms with Crippen molar-refractivity contribution in [2.24, 2.45) is 0 Å². The SMILES string of the molecule is COCC(O)CCNCc1cc(Br)ccc1F. The van der Waals surface area contributed by atoms with Crippen molar-refractivity contribution in [3.05, 3.63) is 34.1 Å². The van der Waals surface area contributed by atoms with Gasteiger partial charge in [-0.15, -0.1) is 0 Å². The van der Waals surface area contributed by atoms with Gasteiger partial charge >= 0.3 is 0 Å². The summed E-state index contributed by atoms with van der Waals surface area (Å²) in [5.74, 6) is -0.224. The number of aliphatic hydroxyl groups is 1. The summed E-state index contributed by atoms with van der Waals surface area (Å²) in [6.07, 6.45) is 0.114. The van der Waals surface area contributed by atoms with Crippen LogP contribution in [0.25, 0.3) is 0 Å². The zero-order valence-corrected chi connectivity index (χ0v) is 11.3. The molecular weight excluding hydrogens is 289 g/mol. The van der Waals surface area contributed by atoms with Gasteiger partial charge < -0.3 is 15.2 Å². The van der Waals surface area contributed by atoms with E-state index in [1.54, 1.807) is 19.2 Å². The molecule has 0 saturated heterocycles. The highest BCUT2D eigenvalue weighted by Gasteiger charge is 2.04. The zero-order chi connectivity index (χ0) is 12.7. The summed E-state index contributed by atoms with van der Waals surface area (Å²) < 4.78 is 19.0. The number of ether oxygens (including phenoxy) is 1. The molecule has 0 heterocycles. The summed E-state index contributed by atoms with van der Waals surface area (Å²) in [5.41, 5.74) is 0.612. The Labute approximate surface area is 109 Å². The lowest BCUT2D eigenvalue weighted by atomic mass is 10.2. The molecule has 96 valence electrons. The molecule has 0 amide bonds. The lowest BCUT2D eigenvalue weighted by Gasteiger charge is -2.10. The number of rotatable bonds is 7. The molecule has 5 heteroatoms. The van der Waals surface area contributed by atoms with Crippen LogP contribution in [0.4, 0.5) is 4.39 Å². The Morgan fingerprint density at radius 2 is 2.29 bits per heavy atom. The minimum Gasteiger partial charge on any atom is -0.391 e. The van der Waals surface area contributed by atoms with E-state index in [-0.39, 0.29) is 5.82 Å². The van der Waals surface area contributed by atoms with Gasteiger partial charge in [-0.25, -0.2) is 4.39 Å². The third-order valence-electron chi connectivity index (χ3n) is 2.34. The van der Waals surface area contributed by atoms with Crippen molar-refractivity contribution in [1.82, 2.24) is 5.32 Å². The van der Waals surface area contributed by atoms with E-state index in [1.165, 1.54) is 6.07 Å². The number of benzene rings is 1. The van der Waals surface area contributed by atoms with Crippen molar-refractivity contribution in [3.63, 3.8) is 0 Å². The summed E-state index contributed by atoms with van der Waals surface area (Å²) in [4.78, 5) is 0. The third-order valence-corrected chi connectivity index (χ3v) is 2.83. The lowest BCUT2D eigenvalue weighted by Crippen LogP contribution is -2.23. The Balaban J connectivity index is 2.28. The van der Waals surface area contributed by atoms with Gasteiger partial charge in [0, 0.05) is 23.7 Å². The molecule has 1 unspecified atom stereocenters. The van der Waals surface area contributed by atoms with Gasteiger partial charge in [0.15, 0.2) is 0 Å². The molecule has 0 spiro atoms. The van der Waals surface area contributed by atoms with Crippen molar-refractivity contribution < 1.29 is 14.2 Å². The molecular formula is C12H17BrFNO2. The topological polar surface area (TPSA) is 41.5 Å². The maximum Gasteiger partial charge on any atom is 0.127 e. The van der Waals surface area contributed by atoms with E-state index in [0.717, 1.165) is 4.47 Å². The molecule has 0 bridgehead atoms. The molecule has 1 atom stereocenters. The van der Waals surface area contributed by atoms with E-state index in [4.69, 9.17) is 4.74 Å². The first kappa shape index (κ1) is 14.6. The summed E-state index contributed by atoms with van der Waals surface area (Å²) >= 11 is 3.30. The van der Waals surface area contributed by atoms with Gasteiger partial charge in [0.1, 0.15) is 5.82 Å². The number of hydrogen-bond acceptors (Lipinski definition) is 3. The lowest BCUT2D eigenvalue weighted by molar-refractivity contribution is 0.0594. The van der Waals surface area contributed by atoms with Gasteiger partial charge in [0.2, 0.25) is 0 Å². The Morgan fingerprint density at radius 1 is 1.53 bits per heavy atom. The second-order valence-corrected chi connectivity index (χ2v) is 4.73. The first-order valence-corrected chi connectivity index (χ1v) is 6.24. The molecule has 0 aliphatic heterocycles. The predicted octanol–water partition coefficient (Wildman–Crippen LogP) is 2.08. The van der Waals surface area contributed by atoms with Crippen molar-refractivity contribution in [2.45, 2.75) is 19.1 Å². The third kappa shape index (κ3) is 5.59. The number of aliphatic hydroxyl groups excluding tert-OH is 1. The molecule has 0 saturated carbocycles. The number of methoxy groups -OCH3 is 1. The molecule has 1 aromatic rings. The molecule has 0 radical (unpaired) electrons. The summed E-state index contributed by atoms with van der Waals surface area (Å²) in [6.45, 7) is 1.40. The van der Waals surface area contributed by atoms with Crippen LogP contribution in [0.15, 0.2) is 22.7 Å². The van der Waals surface area contributed by atoms with Crippen LogP contribution in [0.2, 0.25) is 0 Å². The zero-order valence-electron chi connectivity index (χ0n) is 9.75. The monoisotopic (exact) mass is 305 g/mol. The molecule has 0 aliphatic carbocycles. The van der Waals surface area contributed by atoms with Crippen molar-refractivity contribution in [3.8, 4) is 0 Å². The first-order valence-electron chi connectivity index (χ1n) is 5.45. The fourth-order valence-corrected chi connectivity index (χ4v) is 1.85. The van der Waals surface area contributed by atoms with E-state index in [2.05, 4.69) is 21.2 Å². The number of hydrogen-bond donors (Lipinski definition) is 2. The van der Waals surface area contributed by atoms with Gasteiger partial charge in [0.05, 0.1) is 12.7 Å². The van der Waals surface area contributed by atoms with E-state index in [9.17, 15) is 9.50 Å². The van der Waals surface area contributed by atoms with Gasteiger partial charge in [0.25, 0.3) is 0 Å². The first-order chi connectivity index (χ1) is 8.13. The van der Waals surface area contributed by atoms with E-state index in [0.29, 0.717) is 31.7 Å². The van der Waals surface area contributed by atoms with E-state index < -0.39 is 6.10 Å². The van der Waals surface area contributed by atoms with Gasteiger partial charge in [-0.2, -0.15) is 0 Å². The van der Waals surface area contributed by atoms with Crippen LogP contribution >= 0.6 is 15.9 Å². The quantitative estimate of drug-likeness (QED) is 0.758. The van der Waals surface area contributed by atoms with Gasteiger partial charge in [-0.05, 0) is 31.2 Å². The fraction of sp³-hybridized carbons (Fsp3) is 0.500. The van der Waals surface area contributed by atoms with Crippen molar-refractivity contribution in [2.75, 3.05) is 20.3 Å². The molecule has 0 aromatic heterocycles. The maximum atomic E-state index is 13.3. The Hall–Kier alpha value is -0.490. The molecule has 1 rings (SSSR count). The standard InChI is InChI=1S/C12H17BrFNO2/c1-17-8-11(16)4-5-15-7-9-6-10(13)2-3-12(9)14/h2-3,6,11,15-16H,4-5,7-8H2,1H3. The minimum atomic E-state index is -0.472. The smallest absolute Gasteiger partial charge is 0.127 e. The predicted molar refractivity (Wildman–Crippen MR) is 68.3 cm³/mol. The van der Waals surface area contributed by atoms with E-state index >= 15 is 0 Å². The average Bonchev–Trinajstić information content (AvgIpc) is 2.29. The summed E-state index contributed by atoms with van der Waals surface area (Å²) in [6, 6.07) is 4.84. The summed E-state index contributed by atoms with van der Waals surface area (Å²) in [7, 11) is 1.55. The molecule has 3 nitrogen and oxygen atoms in total. The van der Waals surface area contributed by atoms with E-state index in [1.807, 2.05) is 0 Å². The van der Waals surface area contributed by atoms with Gasteiger partial charge in [-0.3, -0.25) is 0 Å². The normalized spacial score (nSPS) is 12.7. The van der Waals surface area contributed by atoms with Crippen LogP contribution in [0.3, 0.4) is 0 Å². The van der Waals surface area contributed by atoms with Crippen LogP contribution < -0.4 is 5.32 Å². The summed E-state index contributed by atoms with van der Waals surface area (Å²) in [5, 5.41) is 12.5. The molecule has 2 N–H and O–H groups in total. The van der Waals surface area contributed by atoms with Gasteiger partial charge in [-0.1, -0.05) is 15.9 Å². The Bertz CT molecular complexity index is 349. The Morgan fingerprint density at radius 3 is 3.00 bits per heavy atom. The largest absolute Gasteiger partial charge is 0.391 e. The van der Waals surface area contributed by atoms with Crippen molar-refractivity contribution >= 4 is 15.9 Å². The second kappa shape index (κ2) is 7.76. The van der Waals surface area contributed by atoms with Crippen LogP contribution in [0, 0.1) is 5.82 Å². The highest BCUT2D eigenvalue weighted by atomic mass is 79.9. The Kier molecular flexibility index (Phi) is 6.65. The van der Waals surface area contributed by atoms with Crippen LogP contribution in [0.5, 0.6) is 0 Å². The van der Waals surface area contributed by atoms with Crippen LogP contribution in [-0.4, -0.2) is 31.5 Å². The number of nitrogens with one attached hydrogen (secondary N) is 1. The number of halogens is 2. The molecule has 1 aromatic carbocycles. The highest BCUT2D eigenvalue weighted by Crippen LogP contribution is 2.15. The second-order valence-electron chi connectivity index (χ2n) is 3.81. The average molecular weight is 306 g/mol. The van der Waals surface area contributed by atoms with Crippen molar-refractivity contribution in [1.29, 1.82) is 0 Å². The maximum absolute atomic E-state index is 13.3. The molecule has 17 heavy (non-hydrogen) atoms. The minimum absolute atomic E-state index is 0.224. The highest BCUT2D eigenvalue weighted by molar-refractivity contribution is 9.10. The van der Waals surface area contributed by atoms with Crippen LogP contribution in [0.1, 0.15) is 12.0 Å². The molecule has 0 fully saturated rings.